The van der Waals surface area contributed by atoms with Crippen LogP contribution in [0.5, 0.6) is 0 Å². The fourth-order valence-electron chi connectivity index (χ4n) is 4.00. The average molecular weight is 411 g/mol. The van der Waals surface area contributed by atoms with Crippen molar-refractivity contribution in [3.63, 3.8) is 0 Å². The van der Waals surface area contributed by atoms with E-state index in [4.69, 9.17) is 4.74 Å². The number of nitrogens with zero attached hydrogens (tertiary/aromatic N) is 3. The number of ether oxygens (including phenoxy) is 1. The van der Waals surface area contributed by atoms with Crippen LogP contribution in [0.1, 0.15) is 33.4 Å². The summed E-state index contributed by atoms with van der Waals surface area (Å²) >= 11 is 0. The molecule has 9 heteroatoms. The summed E-state index contributed by atoms with van der Waals surface area (Å²) in [6.45, 7) is 6.46. The third-order valence-electron chi connectivity index (χ3n) is 5.50. The molecule has 0 aromatic carbocycles. The molecule has 158 valence electrons. The summed E-state index contributed by atoms with van der Waals surface area (Å²) in [5, 5.41) is 0.737. The molecule has 0 amide bonds. The molecular formula is C21H25N5O4. The summed E-state index contributed by atoms with van der Waals surface area (Å²) in [7, 11) is 0. The number of carbonyl (C=O) groups excluding carboxylic acids is 1. The number of hydrazine groups is 1. The number of hydrogen-bond acceptors (Lipinski definition) is 7. The van der Waals surface area contributed by atoms with Gasteiger partial charge in [0, 0.05) is 25.0 Å². The molecule has 4 rings (SSSR count). The number of nitrogens with one attached hydrogen (secondary N) is 2. The summed E-state index contributed by atoms with van der Waals surface area (Å²) in [4.78, 5) is 43.1. The molecule has 0 bridgehead atoms. The van der Waals surface area contributed by atoms with Crippen LogP contribution in [0.3, 0.4) is 0 Å². The van der Waals surface area contributed by atoms with Crippen LogP contribution in [-0.4, -0.2) is 32.7 Å². The summed E-state index contributed by atoms with van der Waals surface area (Å²) in [5.74, 6) is -0.950. The van der Waals surface area contributed by atoms with Crippen LogP contribution in [0.4, 0.5) is 0 Å². The van der Waals surface area contributed by atoms with Gasteiger partial charge in [-0.1, -0.05) is 6.92 Å². The molecule has 4 heterocycles. The number of rotatable bonds is 5. The van der Waals surface area contributed by atoms with Crippen molar-refractivity contribution in [2.75, 3.05) is 6.61 Å². The molecule has 0 aliphatic carbocycles. The van der Waals surface area contributed by atoms with Crippen molar-refractivity contribution >= 4 is 27.8 Å². The fourth-order valence-corrected chi connectivity index (χ4v) is 4.00. The highest BCUT2D eigenvalue weighted by Crippen LogP contribution is 2.25. The van der Waals surface area contributed by atoms with Gasteiger partial charge in [-0.3, -0.25) is 24.4 Å². The van der Waals surface area contributed by atoms with E-state index in [1.54, 1.807) is 42.1 Å². The number of aryl methyl sites for hydroxylation is 1. The van der Waals surface area contributed by atoms with Crippen LogP contribution in [-0.2, 0) is 16.1 Å². The van der Waals surface area contributed by atoms with Crippen molar-refractivity contribution in [1.82, 2.24) is 25.0 Å². The fraction of sp³-hybridized carbons (Fsp3) is 0.429. The lowest BCUT2D eigenvalue weighted by Crippen LogP contribution is -2.38. The van der Waals surface area contributed by atoms with E-state index < -0.39 is 12.1 Å². The third kappa shape index (κ3) is 3.29. The average Bonchev–Trinajstić information content (AvgIpc) is 3.11. The highest BCUT2D eigenvalue weighted by atomic mass is 16.5. The molecule has 3 aromatic rings. The van der Waals surface area contributed by atoms with Crippen LogP contribution in [0.15, 0.2) is 40.2 Å². The van der Waals surface area contributed by atoms with Crippen molar-refractivity contribution in [3.05, 3.63) is 51.3 Å². The summed E-state index contributed by atoms with van der Waals surface area (Å²) in [6.07, 6.45) is 3.56. The Balaban J connectivity index is 1.86. The molecule has 1 aliphatic rings. The van der Waals surface area contributed by atoms with Gasteiger partial charge in [-0.2, -0.15) is 0 Å². The van der Waals surface area contributed by atoms with Crippen molar-refractivity contribution in [2.24, 2.45) is 5.92 Å². The summed E-state index contributed by atoms with van der Waals surface area (Å²) < 4.78 is 8.28. The van der Waals surface area contributed by atoms with Crippen molar-refractivity contribution < 1.29 is 9.53 Å². The maximum Gasteiger partial charge on any atom is 0.314 e. The Kier molecular flexibility index (Phi) is 5.40. The topological polar surface area (TPSA) is 107 Å². The predicted octanol–water partition coefficient (Wildman–Crippen LogP) is 1.30. The third-order valence-corrected chi connectivity index (χ3v) is 5.50. The normalized spacial score (nSPS) is 21.4. The minimum Gasteiger partial charge on any atom is -0.466 e. The molecule has 3 atom stereocenters. The number of hydrogen-bond donors (Lipinski definition) is 2. The summed E-state index contributed by atoms with van der Waals surface area (Å²) in [5.41, 5.74) is 6.59. The van der Waals surface area contributed by atoms with Crippen LogP contribution in [0, 0.1) is 5.92 Å². The first-order valence-electron chi connectivity index (χ1n) is 10.2. The van der Waals surface area contributed by atoms with Crippen LogP contribution < -0.4 is 22.0 Å². The molecule has 1 saturated heterocycles. The van der Waals surface area contributed by atoms with E-state index in [-0.39, 0.29) is 29.7 Å². The highest BCUT2D eigenvalue weighted by Gasteiger charge is 2.41. The number of fused-ring (bicyclic) bond motifs is 2. The number of carbonyl (C=O) groups is 1. The smallest absolute Gasteiger partial charge is 0.314 e. The second-order valence-corrected chi connectivity index (χ2v) is 7.50. The second kappa shape index (κ2) is 8.00. The van der Waals surface area contributed by atoms with Crippen molar-refractivity contribution in [1.29, 1.82) is 0 Å². The van der Waals surface area contributed by atoms with E-state index in [1.165, 1.54) is 4.57 Å². The van der Waals surface area contributed by atoms with Gasteiger partial charge in [0.05, 0.1) is 28.4 Å². The van der Waals surface area contributed by atoms with Gasteiger partial charge in [0.1, 0.15) is 12.1 Å². The molecule has 2 N–H and O–H groups in total. The maximum atomic E-state index is 13.3. The summed E-state index contributed by atoms with van der Waals surface area (Å²) in [6, 6.07) is 4.90. The van der Waals surface area contributed by atoms with E-state index >= 15 is 0 Å². The molecule has 30 heavy (non-hydrogen) atoms. The molecule has 9 nitrogen and oxygen atoms in total. The molecule has 0 spiro atoms. The Morgan fingerprint density at radius 1 is 1.10 bits per heavy atom. The molecule has 0 saturated carbocycles. The van der Waals surface area contributed by atoms with Gasteiger partial charge in [0.15, 0.2) is 0 Å². The van der Waals surface area contributed by atoms with E-state index in [1.807, 2.05) is 13.8 Å². The molecule has 3 aromatic heterocycles. The van der Waals surface area contributed by atoms with Gasteiger partial charge >= 0.3 is 5.97 Å². The van der Waals surface area contributed by atoms with Gasteiger partial charge in [-0.15, -0.1) is 0 Å². The number of esters is 1. The largest absolute Gasteiger partial charge is 0.466 e. The second-order valence-electron chi connectivity index (χ2n) is 7.50. The van der Waals surface area contributed by atoms with E-state index in [9.17, 15) is 14.4 Å². The predicted molar refractivity (Wildman–Crippen MR) is 113 cm³/mol. The minimum atomic E-state index is -0.612. The minimum absolute atomic E-state index is 0.169. The molecule has 1 fully saturated rings. The van der Waals surface area contributed by atoms with E-state index in [0.717, 1.165) is 6.42 Å². The van der Waals surface area contributed by atoms with Gasteiger partial charge in [-0.25, -0.2) is 10.4 Å². The molecular weight excluding hydrogens is 386 g/mol. The Labute approximate surface area is 172 Å². The lowest BCUT2D eigenvalue weighted by atomic mass is 10.00. The first-order valence-corrected chi connectivity index (χ1v) is 10.2. The molecule has 3 unspecified atom stereocenters. The van der Waals surface area contributed by atoms with Gasteiger partial charge in [0.25, 0.3) is 11.1 Å². The van der Waals surface area contributed by atoms with Crippen molar-refractivity contribution in [3.8, 4) is 0 Å². The van der Waals surface area contributed by atoms with Crippen molar-refractivity contribution in [2.45, 2.75) is 45.9 Å². The SMILES string of the molecule is CCCn1ccc2nc3ccn(C4NNC(C)C4C(=O)OCC)c(=O)c3cc2c1=O. The Morgan fingerprint density at radius 3 is 2.50 bits per heavy atom. The number of aromatic nitrogens is 3. The van der Waals surface area contributed by atoms with Crippen LogP contribution in [0.2, 0.25) is 0 Å². The first-order chi connectivity index (χ1) is 14.5. The molecule has 0 radical (unpaired) electrons. The van der Waals surface area contributed by atoms with E-state index in [2.05, 4.69) is 15.8 Å². The van der Waals surface area contributed by atoms with Gasteiger partial charge in [0.2, 0.25) is 0 Å². The standard InChI is InChI=1S/C21H25N5O4/c1-4-8-25-9-6-15-13(19(25)27)11-14-16(22-15)7-10-26(20(14)28)18-17(12(3)23-24-18)21(29)30-5-2/h6-7,9-12,17-18,23-24H,4-5,8H2,1-3H3. The van der Waals surface area contributed by atoms with Gasteiger partial charge < -0.3 is 9.30 Å². The Bertz CT molecular complexity index is 1230. The maximum absolute atomic E-state index is 13.3. The lowest BCUT2D eigenvalue weighted by molar-refractivity contribution is -0.149. The highest BCUT2D eigenvalue weighted by molar-refractivity contribution is 5.91. The van der Waals surface area contributed by atoms with Crippen LogP contribution in [0.25, 0.3) is 21.8 Å². The zero-order chi connectivity index (χ0) is 21.4. The molecule has 1 aliphatic heterocycles. The monoisotopic (exact) mass is 411 g/mol. The zero-order valence-electron chi connectivity index (χ0n) is 17.2. The van der Waals surface area contributed by atoms with E-state index in [0.29, 0.717) is 28.4 Å². The zero-order valence-corrected chi connectivity index (χ0v) is 17.2. The Morgan fingerprint density at radius 2 is 1.80 bits per heavy atom. The number of pyridine rings is 3. The van der Waals surface area contributed by atoms with Crippen LogP contribution >= 0.6 is 0 Å². The Hall–Kier alpha value is -3.04. The lowest BCUT2D eigenvalue weighted by Gasteiger charge is -2.21. The van der Waals surface area contributed by atoms with Gasteiger partial charge in [-0.05, 0) is 38.5 Å². The quantitative estimate of drug-likeness (QED) is 0.481. The first kappa shape index (κ1) is 20.2.